The second-order valence-corrected chi connectivity index (χ2v) is 5.26. The van der Waals surface area contributed by atoms with Gasteiger partial charge in [-0.25, -0.2) is 0 Å². The summed E-state index contributed by atoms with van der Waals surface area (Å²) in [5.41, 5.74) is 8.68. The first-order valence-electron chi connectivity index (χ1n) is 7.37. The summed E-state index contributed by atoms with van der Waals surface area (Å²) in [7, 11) is 1.63. The van der Waals surface area contributed by atoms with Gasteiger partial charge in [-0.2, -0.15) is 0 Å². The van der Waals surface area contributed by atoms with Crippen LogP contribution in [0.4, 0.5) is 5.69 Å². The molecular weight excluding hydrogens is 276 g/mol. The Balaban J connectivity index is 1.87. The summed E-state index contributed by atoms with van der Waals surface area (Å²) < 4.78 is 5.13. The van der Waals surface area contributed by atoms with E-state index in [2.05, 4.69) is 5.32 Å². The van der Waals surface area contributed by atoms with Gasteiger partial charge in [0, 0.05) is 12.1 Å². The highest BCUT2D eigenvalue weighted by atomic mass is 16.5. The van der Waals surface area contributed by atoms with E-state index in [9.17, 15) is 4.79 Å². The minimum absolute atomic E-state index is 0.0200. The maximum atomic E-state index is 12.1. The lowest BCUT2D eigenvalue weighted by Gasteiger charge is -2.15. The first kappa shape index (κ1) is 15.9. The van der Waals surface area contributed by atoms with Gasteiger partial charge in [0.25, 0.3) is 0 Å². The first-order chi connectivity index (χ1) is 10.6. The minimum Gasteiger partial charge on any atom is -0.497 e. The molecule has 4 nitrogen and oxygen atoms in total. The Hall–Kier alpha value is -2.49. The smallest absolute Gasteiger partial charge is 0.220 e. The maximum Gasteiger partial charge on any atom is 0.220 e. The molecule has 3 N–H and O–H groups in total. The molecule has 2 aromatic rings. The molecule has 0 fully saturated rings. The third-order valence-electron chi connectivity index (χ3n) is 3.67. The van der Waals surface area contributed by atoms with Gasteiger partial charge in [0.15, 0.2) is 0 Å². The number of benzene rings is 2. The van der Waals surface area contributed by atoms with Gasteiger partial charge < -0.3 is 15.8 Å². The zero-order valence-corrected chi connectivity index (χ0v) is 13.0. The molecule has 2 rings (SSSR count). The lowest BCUT2D eigenvalue weighted by atomic mass is 10.1. The summed E-state index contributed by atoms with van der Waals surface area (Å²) in [6.45, 7) is 1.97. The standard InChI is InChI=1S/C18H22N2O2/c1-13(14-7-10-16(22-2)11-8-14)20-18(21)12-9-15-5-3-4-6-17(15)19/h3-8,10-11,13H,9,12,19H2,1-2H3,(H,20,21). The van der Waals surface area contributed by atoms with Crippen LogP contribution in [0, 0.1) is 0 Å². The van der Waals surface area contributed by atoms with Gasteiger partial charge in [0.2, 0.25) is 5.91 Å². The normalized spacial score (nSPS) is 11.7. The molecule has 0 heterocycles. The Morgan fingerprint density at radius 1 is 1.18 bits per heavy atom. The topological polar surface area (TPSA) is 64.3 Å². The number of anilines is 1. The SMILES string of the molecule is COc1ccc(C(C)NC(=O)CCc2ccccc2N)cc1. The van der Waals surface area contributed by atoms with Crippen LogP contribution in [-0.4, -0.2) is 13.0 Å². The second-order valence-electron chi connectivity index (χ2n) is 5.26. The van der Waals surface area contributed by atoms with Crippen LogP contribution in [0.1, 0.15) is 30.5 Å². The number of nitrogens with one attached hydrogen (secondary N) is 1. The molecule has 0 saturated carbocycles. The Morgan fingerprint density at radius 3 is 2.50 bits per heavy atom. The van der Waals surface area contributed by atoms with Crippen LogP contribution >= 0.6 is 0 Å². The molecule has 0 saturated heterocycles. The van der Waals surface area contributed by atoms with Crippen LogP contribution in [0.3, 0.4) is 0 Å². The van der Waals surface area contributed by atoms with E-state index in [0.717, 1.165) is 22.6 Å². The van der Waals surface area contributed by atoms with Crippen molar-refractivity contribution >= 4 is 11.6 Å². The van der Waals surface area contributed by atoms with Crippen molar-refractivity contribution in [2.24, 2.45) is 0 Å². The lowest BCUT2D eigenvalue weighted by molar-refractivity contribution is -0.121. The van der Waals surface area contributed by atoms with E-state index in [0.29, 0.717) is 12.8 Å². The molecule has 1 unspecified atom stereocenters. The van der Waals surface area contributed by atoms with Crippen LogP contribution in [0.15, 0.2) is 48.5 Å². The molecule has 0 radical (unpaired) electrons. The molecule has 0 aliphatic heterocycles. The van der Waals surface area contributed by atoms with E-state index < -0.39 is 0 Å². The number of hydrogen-bond acceptors (Lipinski definition) is 3. The van der Waals surface area contributed by atoms with Gasteiger partial charge in [-0.3, -0.25) is 4.79 Å². The van der Waals surface area contributed by atoms with Crippen molar-refractivity contribution in [1.29, 1.82) is 0 Å². The highest BCUT2D eigenvalue weighted by molar-refractivity contribution is 5.77. The van der Waals surface area contributed by atoms with Crippen molar-refractivity contribution in [3.63, 3.8) is 0 Å². The number of aryl methyl sites for hydroxylation is 1. The number of hydrogen-bond donors (Lipinski definition) is 2. The van der Waals surface area contributed by atoms with Crippen LogP contribution < -0.4 is 15.8 Å². The molecule has 0 spiro atoms. The fourth-order valence-electron chi connectivity index (χ4n) is 2.30. The van der Waals surface area contributed by atoms with E-state index in [1.165, 1.54) is 0 Å². The van der Waals surface area contributed by atoms with Crippen molar-refractivity contribution in [1.82, 2.24) is 5.32 Å². The quantitative estimate of drug-likeness (QED) is 0.805. The van der Waals surface area contributed by atoms with Crippen molar-refractivity contribution in [3.8, 4) is 5.75 Å². The number of nitrogens with two attached hydrogens (primary N) is 1. The fraction of sp³-hybridized carbons (Fsp3) is 0.278. The average Bonchev–Trinajstić information content (AvgIpc) is 2.54. The molecule has 0 aliphatic carbocycles. The third kappa shape index (κ3) is 4.25. The van der Waals surface area contributed by atoms with E-state index in [1.54, 1.807) is 7.11 Å². The molecule has 1 atom stereocenters. The molecule has 2 aromatic carbocycles. The van der Waals surface area contributed by atoms with E-state index in [-0.39, 0.29) is 11.9 Å². The van der Waals surface area contributed by atoms with Crippen LogP contribution in [-0.2, 0) is 11.2 Å². The zero-order valence-electron chi connectivity index (χ0n) is 13.0. The summed E-state index contributed by atoms with van der Waals surface area (Å²) in [4.78, 5) is 12.1. The third-order valence-corrected chi connectivity index (χ3v) is 3.67. The summed E-state index contributed by atoms with van der Waals surface area (Å²) in [5.74, 6) is 0.827. The number of methoxy groups -OCH3 is 1. The van der Waals surface area contributed by atoms with Crippen LogP contribution in [0.5, 0.6) is 5.75 Å². The van der Waals surface area contributed by atoms with Gasteiger partial charge in [0.05, 0.1) is 13.2 Å². The van der Waals surface area contributed by atoms with Gasteiger partial charge in [-0.15, -0.1) is 0 Å². The molecule has 22 heavy (non-hydrogen) atoms. The minimum atomic E-state index is -0.0356. The van der Waals surface area contributed by atoms with Crippen LogP contribution in [0.25, 0.3) is 0 Å². The van der Waals surface area contributed by atoms with E-state index >= 15 is 0 Å². The molecule has 0 aliphatic rings. The first-order valence-corrected chi connectivity index (χ1v) is 7.37. The number of nitrogen functional groups attached to an aromatic ring is 1. The molecule has 0 bridgehead atoms. The molecule has 116 valence electrons. The maximum absolute atomic E-state index is 12.1. The fourth-order valence-corrected chi connectivity index (χ4v) is 2.30. The average molecular weight is 298 g/mol. The Labute approximate surface area is 131 Å². The Kier molecular flexibility index (Phi) is 5.42. The molecular formula is C18H22N2O2. The summed E-state index contributed by atoms with van der Waals surface area (Å²) in [5, 5.41) is 3.00. The van der Waals surface area contributed by atoms with E-state index in [4.69, 9.17) is 10.5 Å². The Bertz CT molecular complexity index is 623. The lowest BCUT2D eigenvalue weighted by Crippen LogP contribution is -2.26. The molecule has 1 amide bonds. The van der Waals surface area contributed by atoms with Gasteiger partial charge in [-0.1, -0.05) is 30.3 Å². The predicted molar refractivity (Wildman–Crippen MR) is 88.7 cm³/mol. The van der Waals surface area contributed by atoms with E-state index in [1.807, 2.05) is 55.5 Å². The van der Waals surface area contributed by atoms with Gasteiger partial charge >= 0.3 is 0 Å². The van der Waals surface area contributed by atoms with Crippen LogP contribution in [0.2, 0.25) is 0 Å². The monoisotopic (exact) mass is 298 g/mol. The number of carbonyl (C=O) groups excluding carboxylic acids is 1. The summed E-state index contributed by atoms with van der Waals surface area (Å²) >= 11 is 0. The Morgan fingerprint density at radius 2 is 1.86 bits per heavy atom. The second kappa shape index (κ2) is 7.50. The van der Waals surface area contributed by atoms with Gasteiger partial charge in [0.1, 0.15) is 5.75 Å². The summed E-state index contributed by atoms with van der Waals surface area (Å²) in [6, 6.07) is 15.3. The van der Waals surface area contributed by atoms with Crippen molar-refractivity contribution < 1.29 is 9.53 Å². The highest BCUT2D eigenvalue weighted by Gasteiger charge is 2.10. The number of rotatable bonds is 6. The van der Waals surface area contributed by atoms with Crippen molar-refractivity contribution in [2.45, 2.75) is 25.8 Å². The van der Waals surface area contributed by atoms with Crippen molar-refractivity contribution in [2.75, 3.05) is 12.8 Å². The van der Waals surface area contributed by atoms with Gasteiger partial charge in [-0.05, 0) is 42.7 Å². The predicted octanol–water partition coefficient (Wildman–Crippen LogP) is 3.09. The number of amides is 1. The molecule has 4 heteroatoms. The molecule has 0 aromatic heterocycles. The largest absolute Gasteiger partial charge is 0.497 e. The number of para-hydroxylation sites is 1. The van der Waals surface area contributed by atoms with Crippen molar-refractivity contribution in [3.05, 3.63) is 59.7 Å². The number of carbonyl (C=O) groups is 1. The highest BCUT2D eigenvalue weighted by Crippen LogP contribution is 2.18. The number of ether oxygens (including phenoxy) is 1. The zero-order chi connectivity index (χ0) is 15.9. The summed E-state index contributed by atoms with van der Waals surface area (Å²) in [6.07, 6.45) is 1.07.